The topological polar surface area (TPSA) is 94.2 Å². The Morgan fingerprint density at radius 2 is 2.04 bits per heavy atom. The minimum Gasteiger partial charge on any atom is -0.273 e. The zero-order valence-electron chi connectivity index (χ0n) is 15.0. The Hall–Kier alpha value is -2.77. The first-order chi connectivity index (χ1) is 12.5. The SMILES string of the molecule is CC(C)C(=O)Nn1ccc2c(cnc3nc(C4CCCCC4)nn32)c1=O. The zero-order valence-corrected chi connectivity index (χ0v) is 15.0. The fourth-order valence-corrected chi connectivity index (χ4v) is 3.40. The predicted molar refractivity (Wildman–Crippen MR) is 97.6 cm³/mol. The van der Waals surface area contributed by atoms with Crippen LogP contribution in [0.4, 0.5) is 0 Å². The third kappa shape index (κ3) is 2.85. The van der Waals surface area contributed by atoms with Gasteiger partial charge in [-0.1, -0.05) is 33.1 Å². The summed E-state index contributed by atoms with van der Waals surface area (Å²) in [7, 11) is 0. The molecule has 0 aromatic carbocycles. The second-order valence-corrected chi connectivity index (χ2v) is 7.20. The van der Waals surface area contributed by atoms with E-state index in [4.69, 9.17) is 0 Å². The monoisotopic (exact) mass is 354 g/mol. The van der Waals surface area contributed by atoms with Crippen molar-refractivity contribution in [2.45, 2.75) is 51.9 Å². The lowest BCUT2D eigenvalue weighted by Crippen LogP contribution is -2.35. The number of aromatic nitrogens is 5. The van der Waals surface area contributed by atoms with Gasteiger partial charge in [-0.05, 0) is 18.9 Å². The van der Waals surface area contributed by atoms with Crippen LogP contribution in [-0.2, 0) is 4.79 Å². The molecule has 1 saturated carbocycles. The van der Waals surface area contributed by atoms with Crippen molar-refractivity contribution in [3.63, 3.8) is 0 Å². The third-order valence-electron chi connectivity index (χ3n) is 4.98. The molecular formula is C18H22N6O2. The summed E-state index contributed by atoms with van der Waals surface area (Å²) in [5, 5.41) is 5.02. The molecule has 0 atom stereocenters. The van der Waals surface area contributed by atoms with Gasteiger partial charge in [0.2, 0.25) is 5.91 Å². The fourth-order valence-electron chi connectivity index (χ4n) is 3.40. The Balaban J connectivity index is 1.78. The highest BCUT2D eigenvalue weighted by molar-refractivity contribution is 5.86. The Bertz CT molecular complexity index is 1030. The third-order valence-corrected chi connectivity index (χ3v) is 4.98. The number of pyridine rings is 1. The average Bonchev–Trinajstić information content (AvgIpc) is 3.09. The summed E-state index contributed by atoms with van der Waals surface area (Å²) in [5.74, 6) is 1.24. The number of carbonyl (C=O) groups excluding carboxylic acids is 1. The fraction of sp³-hybridized carbons (Fsp3) is 0.500. The van der Waals surface area contributed by atoms with Gasteiger partial charge in [0.1, 0.15) is 0 Å². The quantitative estimate of drug-likeness (QED) is 0.778. The lowest BCUT2D eigenvalue weighted by atomic mass is 9.89. The van der Waals surface area contributed by atoms with Crippen molar-refractivity contribution in [1.82, 2.24) is 24.3 Å². The molecule has 8 heteroatoms. The van der Waals surface area contributed by atoms with Gasteiger partial charge in [-0.25, -0.2) is 9.66 Å². The van der Waals surface area contributed by atoms with Crippen molar-refractivity contribution >= 4 is 22.6 Å². The Kier molecular flexibility index (Phi) is 4.18. The van der Waals surface area contributed by atoms with E-state index in [1.807, 2.05) is 0 Å². The summed E-state index contributed by atoms with van der Waals surface area (Å²) < 4.78 is 2.83. The van der Waals surface area contributed by atoms with Crippen LogP contribution in [0.5, 0.6) is 0 Å². The molecule has 1 aliphatic rings. The van der Waals surface area contributed by atoms with Gasteiger partial charge >= 0.3 is 0 Å². The normalized spacial score (nSPS) is 15.8. The van der Waals surface area contributed by atoms with E-state index in [9.17, 15) is 9.59 Å². The van der Waals surface area contributed by atoms with Crippen molar-refractivity contribution in [2.75, 3.05) is 5.43 Å². The minimum atomic E-state index is -0.333. The summed E-state index contributed by atoms with van der Waals surface area (Å²) >= 11 is 0. The molecule has 8 nitrogen and oxygen atoms in total. The molecule has 1 amide bonds. The largest absolute Gasteiger partial charge is 0.280 e. The maximum absolute atomic E-state index is 12.7. The van der Waals surface area contributed by atoms with E-state index < -0.39 is 0 Å². The number of amides is 1. The molecule has 0 saturated heterocycles. The van der Waals surface area contributed by atoms with Crippen LogP contribution in [0, 0.1) is 5.92 Å². The zero-order chi connectivity index (χ0) is 18.3. The number of nitrogens with one attached hydrogen (secondary N) is 1. The molecule has 0 radical (unpaired) electrons. The Morgan fingerprint density at radius 3 is 2.77 bits per heavy atom. The van der Waals surface area contributed by atoms with Gasteiger partial charge in [-0.15, -0.1) is 5.10 Å². The number of carbonyl (C=O) groups is 1. The molecule has 3 aromatic rings. The second-order valence-electron chi connectivity index (χ2n) is 7.20. The van der Waals surface area contributed by atoms with Gasteiger partial charge in [0.15, 0.2) is 5.82 Å². The molecule has 4 rings (SSSR count). The lowest BCUT2D eigenvalue weighted by Gasteiger charge is -2.17. The highest BCUT2D eigenvalue weighted by Crippen LogP contribution is 2.31. The molecule has 3 heterocycles. The van der Waals surface area contributed by atoms with E-state index in [-0.39, 0.29) is 17.4 Å². The van der Waals surface area contributed by atoms with Crippen LogP contribution in [0.2, 0.25) is 0 Å². The van der Waals surface area contributed by atoms with E-state index in [0.29, 0.717) is 22.6 Å². The van der Waals surface area contributed by atoms with Crippen molar-refractivity contribution in [1.29, 1.82) is 0 Å². The molecule has 26 heavy (non-hydrogen) atoms. The van der Waals surface area contributed by atoms with E-state index in [1.54, 1.807) is 30.6 Å². The number of nitrogens with zero attached hydrogens (tertiary/aromatic N) is 5. The molecule has 3 aromatic heterocycles. The number of rotatable bonds is 3. The van der Waals surface area contributed by atoms with E-state index in [1.165, 1.54) is 30.1 Å². The molecule has 0 aliphatic heterocycles. The lowest BCUT2D eigenvalue weighted by molar-refractivity contribution is -0.119. The standard InChI is InChI=1S/C18H22N6O2/c1-11(2)16(25)22-23-9-8-14-13(17(23)26)10-19-18-20-15(21-24(14)18)12-6-4-3-5-7-12/h8-12H,3-7H2,1-2H3,(H,22,25). The molecule has 1 N–H and O–H groups in total. The van der Waals surface area contributed by atoms with Crippen LogP contribution in [0.3, 0.4) is 0 Å². The summed E-state index contributed by atoms with van der Waals surface area (Å²) in [5.41, 5.74) is 2.91. The van der Waals surface area contributed by atoms with Gasteiger partial charge in [0, 0.05) is 24.2 Å². The van der Waals surface area contributed by atoms with Crippen LogP contribution >= 0.6 is 0 Å². The summed E-state index contributed by atoms with van der Waals surface area (Å²) in [4.78, 5) is 33.4. The molecule has 1 fully saturated rings. The predicted octanol–water partition coefficient (Wildman–Crippen LogP) is 2.21. The van der Waals surface area contributed by atoms with E-state index in [0.717, 1.165) is 18.7 Å². The van der Waals surface area contributed by atoms with Crippen LogP contribution in [0.1, 0.15) is 57.7 Å². The van der Waals surface area contributed by atoms with Gasteiger partial charge in [-0.2, -0.15) is 9.50 Å². The van der Waals surface area contributed by atoms with Crippen molar-refractivity contribution in [3.05, 3.63) is 34.6 Å². The number of fused-ring (bicyclic) bond motifs is 3. The van der Waals surface area contributed by atoms with Crippen molar-refractivity contribution in [2.24, 2.45) is 5.92 Å². The Labute approximate surface area is 150 Å². The first-order valence-corrected chi connectivity index (χ1v) is 9.12. The molecule has 0 bridgehead atoms. The Morgan fingerprint density at radius 1 is 1.27 bits per heavy atom. The highest BCUT2D eigenvalue weighted by atomic mass is 16.2. The number of hydrogen-bond acceptors (Lipinski definition) is 5. The van der Waals surface area contributed by atoms with Gasteiger partial charge in [0.25, 0.3) is 11.3 Å². The molecule has 0 spiro atoms. The average molecular weight is 354 g/mol. The first kappa shape index (κ1) is 16.7. The summed E-state index contributed by atoms with van der Waals surface area (Å²) in [6.07, 6.45) is 8.93. The number of hydrogen-bond donors (Lipinski definition) is 1. The van der Waals surface area contributed by atoms with Gasteiger partial charge < -0.3 is 0 Å². The smallest absolute Gasteiger partial charge is 0.273 e. The molecule has 1 aliphatic carbocycles. The van der Waals surface area contributed by atoms with Crippen molar-refractivity contribution < 1.29 is 4.79 Å². The molecule has 0 unspecified atom stereocenters. The first-order valence-electron chi connectivity index (χ1n) is 9.12. The van der Waals surface area contributed by atoms with Gasteiger partial charge in [0.05, 0.1) is 10.9 Å². The van der Waals surface area contributed by atoms with Crippen LogP contribution < -0.4 is 11.0 Å². The van der Waals surface area contributed by atoms with E-state index >= 15 is 0 Å². The van der Waals surface area contributed by atoms with Crippen molar-refractivity contribution in [3.8, 4) is 0 Å². The second kappa shape index (κ2) is 6.51. The maximum atomic E-state index is 12.7. The van der Waals surface area contributed by atoms with Crippen LogP contribution in [0.15, 0.2) is 23.3 Å². The molecule has 136 valence electrons. The van der Waals surface area contributed by atoms with E-state index in [2.05, 4.69) is 20.5 Å². The maximum Gasteiger partial charge on any atom is 0.280 e. The summed E-state index contributed by atoms with van der Waals surface area (Å²) in [6.45, 7) is 3.55. The molecular weight excluding hydrogens is 332 g/mol. The highest BCUT2D eigenvalue weighted by Gasteiger charge is 2.21. The van der Waals surface area contributed by atoms with Gasteiger partial charge in [-0.3, -0.25) is 15.0 Å². The minimum absolute atomic E-state index is 0.216. The van der Waals surface area contributed by atoms with Crippen LogP contribution in [0.25, 0.3) is 16.7 Å². The summed E-state index contributed by atoms with van der Waals surface area (Å²) in [6, 6.07) is 1.76. The van der Waals surface area contributed by atoms with Crippen LogP contribution in [-0.4, -0.2) is 30.2 Å².